The van der Waals surface area contributed by atoms with Crippen molar-refractivity contribution in [3.05, 3.63) is 42.2 Å². The average molecular weight is 228 g/mol. The lowest BCUT2D eigenvalue weighted by molar-refractivity contribution is -0.132. The summed E-state index contributed by atoms with van der Waals surface area (Å²) >= 11 is 0. The van der Waals surface area contributed by atoms with Crippen molar-refractivity contribution >= 4 is 5.97 Å². The molecule has 0 unspecified atom stereocenters. The molecule has 4 nitrogen and oxygen atoms in total. The highest BCUT2D eigenvalue weighted by Crippen LogP contribution is 2.18. The molecule has 1 aromatic carbocycles. The highest BCUT2D eigenvalue weighted by molar-refractivity contribution is 5.69. The minimum absolute atomic E-state index is 0.218. The second-order valence-electron chi connectivity index (χ2n) is 3.70. The summed E-state index contributed by atoms with van der Waals surface area (Å²) in [6.45, 7) is 3.35. The zero-order valence-electron chi connectivity index (χ0n) is 9.68. The van der Waals surface area contributed by atoms with E-state index < -0.39 is 5.97 Å². The molecule has 0 saturated heterocycles. The van der Waals surface area contributed by atoms with E-state index in [1.165, 1.54) is 18.7 Å². The van der Waals surface area contributed by atoms with E-state index in [9.17, 15) is 4.79 Å². The van der Waals surface area contributed by atoms with Crippen LogP contribution >= 0.6 is 0 Å². The van der Waals surface area contributed by atoms with Crippen LogP contribution in [0.25, 0.3) is 11.3 Å². The van der Waals surface area contributed by atoms with E-state index in [-0.39, 0.29) is 5.88 Å². The van der Waals surface area contributed by atoms with Gasteiger partial charge in [-0.05, 0) is 6.92 Å². The predicted molar refractivity (Wildman–Crippen MR) is 63.5 cm³/mol. The third kappa shape index (κ3) is 2.87. The standard InChI is InChI=1S/C13H12N2O2/c1-9-3-5-11(6-4-9)12-7-14-8-13(15-12)17-10(2)16/h3-8H,1-2H3. The molecule has 0 fully saturated rings. The zero-order valence-corrected chi connectivity index (χ0v) is 9.68. The van der Waals surface area contributed by atoms with Crippen LogP contribution in [0.5, 0.6) is 5.88 Å². The van der Waals surface area contributed by atoms with Gasteiger partial charge in [0.15, 0.2) is 0 Å². The molecule has 0 spiro atoms. The second kappa shape index (κ2) is 4.74. The SMILES string of the molecule is CC(=O)Oc1cncc(-c2ccc(C)cc2)n1. The number of nitrogens with zero attached hydrogens (tertiary/aromatic N) is 2. The normalized spacial score (nSPS) is 10.0. The smallest absolute Gasteiger partial charge is 0.309 e. The lowest BCUT2D eigenvalue weighted by atomic mass is 10.1. The van der Waals surface area contributed by atoms with E-state index in [2.05, 4.69) is 9.97 Å². The van der Waals surface area contributed by atoms with Gasteiger partial charge in [0.2, 0.25) is 5.88 Å². The Labute approximate surface area is 99.3 Å². The first-order chi connectivity index (χ1) is 8.15. The van der Waals surface area contributed by atoms with Gasteiger partial charge in [0.05, 0.1) is 18.1 Å². The number of esters is 1. The second-order valence-corrected chi connectivity index (χ2v) is 3.70. The molecule has 0 aliphatic rings. The fourth-order valence-corrected chi connectivity index (χ4v) is 1.41. The van der Waals surface area contributed by atoms with Crippen molar-refractivity contribution in [3.63, 3.8) is 0 Å². The van der Waals surface area contributed by atoms with Crippen molar-refractivity contribution in [1.29, 1.82) is 0 Å². The van der Waals surface area contributed by atoms with Gasteiger partial charge in [-0.2, -0.15) is 0 Å². The summed E-state index contributed by atoms with van der Waals surface area (Å²) in [5, 5.41) is 0. The van der Waals surface area contributed by atoms with Gasteiger partial charge in [-0.1, -0.05) is 29.8 Å². The van der Waals surface area contributed by atoms with E-state index >= 15 is 0 Å². The fraction of sp³-hybridized carbons (Fsp3) is 0.154. The maximum atomic E-state index is 10.8. The number of benzene rings is 1. The van der Waals surface area contributed by atoms with E-state index in [1.807, 2.05) is 31.2 Å². The Bertz CT molecular complexity index is 535. The van der Waals surface area contributed by atoms with E-state index in [4.69, 9.17) is 4.74 Å². The molecule has 17 heavy (non-hydrogen) atoms. The maximum Gasteiger partial charge on any atom is 0.309 e. The van der Waals surface area contributed by atoms with Gasteiger partial charge in [-0.3, -0.25) is 9.78 Å². The number of hydrogen-bond acceptors (Lipinski definition) is 4. The van der Waals surface area contributed by atoms with Crippen molar-refractivity contribution in [2.45, 2.75) is 13.8 Å². The zero-order chi connectivity index (χ0) is 12.3. The number of ether oxygens (including phenoxy) is 1. The van der Waals surface area contributed by atoms with E-state index in [0.717, 1.165) is 5.56 Å². The minimum Gasteiger partial charge on any atom is -0.406 e. The molecule has 1 heterocycles. The average Bonchev–Trinajstić information content (AvgIpc) is 2.29. The van der Waals surface area contributed by atoms with E-state index in [0.29, 0.717) is 5.69 Å². The summed E-state index contributed by atoms with van der Waals surface area (Å²) in [7, 11) is 0. The first-order valence-corrected chi connectivity index (χ1v) is 5.22. The molecule has 1 aromatic heterocycles. The lowest BCUT2D eigenvalue weighted by Gasteiger charge is -2.03. The van der Waals surface area contributed by atoms with Crippen LogP contribution in [0.1, 0.15) is 12.5 Å². The number of hydrogen-bond donors (Lipinski definition) is 0. The number of carbonyl (C=O) groups excluding carboxylic acids is 1. The molecular weight excluding hydrogens is 216 g/mol. The van der Waals surface area contributed by atoms with Crippen LogP contribution in [0.2, 0.25) is 0 Å². The molecule has 0 bridgehead atoms. The molecule has 0 aliphatic carbocycles. The monoisotopic (exact) mass is 228 g/mol. The molecule has 2 rings (SSSR count). The summed E-state index contributed by atoms with van der Waals surface area (Å²) in [6.07, 6.45) is 3.05. The molecular formula is C13H12N2O2. The van der Waals surface area contributed by atoms with Crippen LogP contribution in [-0.2, 0) is 4.79 Å². The third-order valence-corrected chi connectivity index (χ3v) is 2.21. The van der Waals surface area contributed by atoms with Gasteiger partial charge in [0, 0.05) is 12.5 Å². The van der Waals surface area contributed by atoms with Gasteiger partial charge >= 0.3 is 5.97 Å². The third-order valence-electron chi connectivity index (χ3n) is 2.21. The largest absolute Gasteiger partial charge is 0.406 e. The van der Waals surface area contributed by atoms with Gasteiger partial charge in [-0.25, -0.2) is 4.98 Å². The number of rotatable bonds is 2. The van der Waals surface area contributed by atoms with Gasteiger partial charge in [0.25, 0.3) is 0 Å². The van der Waals surface area contributed by atoms with Gasteiger partial charge < -0.3 is 4.74 Å². The van der Waals surface area contributed by atoms with Crippen LogP contribution in [0.15, 0.2) is 36.7 Å². The number of aryl methyl sites for hydroxylation is 1. The lowest BCUT2D eigenvalue weighted by Crippen LogP contribution is -2.03. The number of carbonyl (C=O) groups is 1. The van der Waals surface area contributed by atoms with Crippen molar-refractivity contribution in [2.75, 3.05) is 0 Å². The summed E-state index contributed by atoms with van der Waals surface area (Å²) in [4.78, 5) is 19.0. The van der Waals surface area contributed by atoms with Crippen molar-refractivity contribution in [2.24, 2.45) is 0 Å². The maximum absolute atomic E-state index is 10.8. The Balaban J connectivity index is 2.32. The van der Waals surface area contributed by atoms with Crippen molar-refractivity contribution in [1.82, 2.24) is 9.97 Å². The molecule has 86 valence electrons. The molecule has 4 heteroatoms. The summed E-state index contributed by atoms with van der Waals surface area (Å²) in [5.74, 6) is -0.184. The Hall–Kier alpha value is -2.23. The Morgan fingerprint density at radius 3 is 2.53 bits per heavy atom. The number of aromatic nitrogens is 2. The summed E-state index contributed by atoms with van der Waals surface area (Å²) < 4.78 is 4.89. The van der Waals surface area contributed by atoms with Crippen LogP contribution in [-0.4, -0.2) is 15.9 Å². The fourth-order valence-electron chi connectivity index (χ4n) is 1.41. The quantitative estimate of drug-likeness (QED) is 0.740. The minimum atomic E-state index is -0.402. The van der Waals surface area contributed by atoms with Crippen LogP contribution in [0, 0.1) is 6.92 Å². The highest BCUT2D eigenvalue weighted by atomic mass is 16.5. The molecule has 0 aliphatic heterocycles. The van der Waals surface area contributed by atoms with Crippen molar-refractivity contribution < 1.29 is 9.53 Å². The van der Waals surface area contributed by atoms with E-state index in [1.54, 1.807) is 6.20 Å². The van der Waals surface area contributed by atoms with Gasteiger partial charge in [-0.15, -0.1) is 0 Å². The first kappa shape index (κ1) is 11.3. The summed E-state index contributed by atoms with van der Waals surface area (Å²) in [5.41, 5.74) is 2.80. The highest BCUT2D eigenvalue weighted by Gasteiger charge is 2.04. The molecule has 0 N–H and O–H groups in total. The van der Waals surface area contributed by atoms with Crippen LogP contribution in [0.4, 0.5) is 0 Å². The molecule has 0 radical (unpaired) electrons. The van der Waals surface area contributed by atoms with Crippen LogP contribution in [0.3, 0.4) is 0 Å². The van der Waals surface area contributed by atoms with Gasteiger partial charge in [0.1, 0.15) is 0 Å². The van der Waals surface area contributed by atoms with Crippen molar-refractivity contribution in [3.8, 4) is 17.1 Å². The Kier molecular flexibility index (Phi) is 3.14. The first-order valence-electron chi connectivity index (χ1n) is 5.22. The Morgan fingerprint density at radius 1 is 1.18 bits per heavy atom. The Morgan fingerprint density at radius 2 is 1.88 bits per heavy atom. The van der Waals surface area contributed by atoms with Crippen LogP contribution < -0.4 is 4.74 Å². The molecule has 0 amide bonds. The predicted octanol–water partition coefficient (Wildman–Crippen LogP) is 2.38. The molecule has 2 aromatic rings. The topological polar surface area (TPSA) is 52.1 Å². The summed E-state index contributed by atoms with van der Waals surface area (Å²) in [6, 6.07) is 7.90. The molecule has 0 atom stereocenters. The molecule has 0 saturated carbocycles.